The van der Waals surface area contributed by atoms with E-state index in [2.05, 4.69) is 67.7 Å². The number of dihydropyridines is 1. The van der Waals surface area contributed by atoms with E-state index in [1.807, 2.05) is 0 Å². The number of hydrogen-bond acceptors (Lipinski definition) is 1. The highest BCUT2D eigenvalue weighted by Gasteiger charge is 2.24. The number of benzene rings is 1. The fourth-order valence-corrected chi connectivity index (χ4v) is 3.03. The molecule has 0 aromatic heterocycles. The molecule has 0 saturated heterocycles. The summed E-state index contributed by atoms with van der Waals surface area (Å²) in [6.45, 7) is 4.30. The lowest BCUT2D eigenvalue weighted by Gasteiger charge is -2.31. The largest absolute Gasteiger partial charge is 0.374 e. The van der Waals surface area contributed by atoms with E-state index in [-0.39, 0.29) is 6.04 Å². The average molecular weight is 284 g/mol. The molecule has 20 heavy (non-hydrogen) atoms. The van der Waals surface area contributed by atoms with Crippen molar-refractivity contribution < 1.29 is 0 Å². The summed E-state index contributed by atoms with van der Waals surface area (Å²) in [5, 5.41) is 3.67. The van der Waals surface area contributed by atoms with E-state index in [1.54, 1.807) is 0 Å². The standard InChI is InChI=1S/C18H18ClN/c1-12-6-3-4-9-16(12)18-15(11-19)10-14-8-5-7-13(2)17(14)20-18/h3-10,17,20H,11H2,1-2H3. The third kappa shape index (κ3) is 2.23. The van der Waals surface area contributed by atoms with Crippen molar-refractivity contribution in [1.29, 1.82) is 0 Å². The molecule has 1 aromatic carbocycles. The molecule has 1 unspecified atom stereocenters. The van der Waals surface area contributed by atoms with Crippen LogP contribution in [0.5, 0.6) is 0 Å². The van der Waals surface area contributed by atoms with E-state index in [0.717, 1.165) is 11.3 Å². The summed E-state index contributed by atoms with van der Waals surface area (Å²) in [4.78, 5) is 0. The predicted molar refractivity (Wildman–Crippen MR) is 86.7 cm³/mol. The lowest BCUT2D eigenvalue weighted by Crippen LogP contribution is -2.35. The fourth-order valence-electron chi connectivity index (χ4n) is 2.81. The molecule has 0 amide bonds. The third-order valence-corrected chi connectivity index (χ3v) is 4.23. The van der Waals surface area contributed by atoms with Crippen LogP contribution in [0.4, 0.5) is 0 Å². The van der Waals surface area contributed by atoms with Gasteiger partial charge in [0.1, 0.15) is 0 Å². The second kappa shape index (κ2) is 5.34. The summed E-state index contributed by atoms with van der Waals surface area (Å²) in [5.74, 6) is 0.517. The van der Waals surface area contributed by atoms with Crippen LogP contribution in [0, 0.1) is 6.92 Å². The monoisotopic (exact) mass is 283 g/mol. The Morgan fingerprint density at radius 2 is 2.00 bits per heavy atom. The van der Waals surface area contributed by atoms with E-state index >= 15 is 0 Å². The number of aryl methyl sites for hydroxylation is 1. The molecule has 2 aliphatic rings. The van der Waals surface area contributed by atoms with Crippen LogP contribution in [0.25, 0.3) is 5.70 Å². The molecular weight excluding hydrogens is 266 g/mol. The van der Waals surface area contributed by atoms with Crippen LogP contribution in [-0.2, 0) is 0 Å². The molecule has 0 radical (unpaired) electrons. The Balaban J connectivity index is 2.11. The highest BCUT2D eigenvalue weighted by atomic mass is 35.5. The van der Waals surface area contributed by atoms with Crippen molar-refractivity contribution in [2.24, 2.45) is 0 Å². The average Bonchev–Trinajstić information content (AvgIpc) is 2.47. The van der Waals surface area contributed by atoms with Crippen molar-refractivity contribution >= 4 is 17.3 Å². The Morgan fingerprint density at radius 1 is 1.20 bits per heavy atom. The van der Waals surface area contributed by atoms with Gasteiger partial charge in [-0.05, 0) is 36.1 Å². The van der Waals surface area contributed by atoms with Gasteiger partial charge < -0.3 is 5.32 Å². The second-order valence-corrected chi connectivity index (χ2v) is 5.61. The van der Waals surface area contributed by atoms with Gasteiger partial charge in [0.15, 0.2) is 0 Å². The first kappa shape index (κ1) is 13.3. The van der Waals surface area contributed by atoms with Gasteiger partial charge in [-0.15, -0.1) is 11.6 Å². The summed E-state index contributed by atoms with van der Waals surface area (Å²) >= 11 is 6.16. The maximum atomic E-state index is 6.16. The van der Waals surface area contributed by atoms with Gasteiger partial charge in [-0.3, -0.25) is 0 Å². The molecule has 2 heteroatoms. The molecule has 1 nitrogen and oxygen atoms in total. The zero-order valence-electron chi connectivity index (χ0n) is 11.8. The van der Waals surface area contributed by atoms with Crippen LogP contribution < -0.4 is 5.32 Å². The molecule has 1 heterocycles. The summed E-state index contributed by atoms with van der Waals surface area (Å²) < 4.78 is 0. The first-order chi connectivity index (χ1) is 9.70. The highest BCUT2D eigenvalue weighted by molar-refractivity contribution is 6.20. The molecule has 0 bridgehead atoms. The number of allylic oxidation sites excluding steroid dienone is 4. The Kier molecular flexibility index (Phi) is 3.54. The molecule has 1 aromatic rings. The molecule has 0 spiro atoms. The lowest BCUT2D eigenvalue weighted by atomic mass is 9.88. The van der Waals surface area contributed by atoms with Crippen LogP contribution in [0.15, 0.2) is 65.3 Å². The van der Waals surface area contributed by atoms with Crippen LogP contribution in [0.1, 0.15) is 18.1 Å². The normalized spacial score (nSPS) is 21.1. The van der Waals surface area contributed by atoms with Gasteiger partial charge in [-0.25, -0.2) is 0 Å². The summed E-state index contributed by atoms with van der Waals surface area (Å²) in [7, 11) is 0. The van der Waals surface area contributed by atoms with Crippen LogP contribution >= 0.6 is 11.6 Å². The van der Waals surface area contributed by atoms with Gasteiger partial charge in [0.25, 0.3) is 0 Å². The van der Waals surface area contributed by atoms with Gasteiger partial charge in [0.2, 0.25) is 0 Å². The topological polar surface area (TPSA) is 12.0 Å². The van der Waals surface area contributed by atoms with Gasteiger partial charge in [0.05, 0.1) is 6.04 Å². The minimum atomic E-state index is 0.265. The Hall–Kier alpha value is -1.73. The van der Waals surface area contributed by atoms with E-state index in [1.165, 1.54) is 22.3 Å². The molecule has 1 atom stereocenters. The Morgan fingerprint density at radius 3 is 2.75 bits per heavy atom. The molecule has 1 N–H and O–H groups in total. The molecule has 0 saturated carbocycles. The molecule has 1 aliphatic heterocycles. The SMILES string of the molecule is CC1=CC=CC2=CC(CCl)=C(c3ccccc3C)NC12. The number of halogens is 1. The molecule has 102 valence electrons. The molecule has 3 rings (SSSR count). The zero-order chi connectivity index (χ0) is 14.1. The maximum absolute atomic E-state index is 6.16. The quantitative estimate of drug-likeness (QED) is 0.795. The number of nitrogens with one attached hydrogen (secondary N) is 1. The summed E-state index contributed by atoms with van der Waals surface area (Å²) in [6.07, 6.45) is 8.65. The second-order valence-electron chi connectivity index (χ2n) is 5.34. The van der Waals surface area contributed by atoms with Crippen molar-refractivity contribution in [2.45, 2.75) is 19.9 Å². The van der Waals surface area contributed by atoms with Crippen molar-refractivity contribution in [2.75, 3.05) is 5.88 Å². The summed E-state index contributed by atoms with van der Waals surface area (Å²) in [5.41, 5.74) is 7.45. The first-order valence-corrected chi connectivity index (χ1v) is 7.42. The third-order valence-electron chi connectivity index (χ3n) is 3.95. The lowest BCUT2D eigenvalue weighted by molar-refractivity contribution is 0.761. The van der Waals surface area contributed by atoms with Gasteiger partial charge in [-0.1, -0.05) is 48.6 Å². The number of alkyl halides is 1. The van der Waals surface area contributed by atoms with E-state index in [0.29, 0.717) is 5.88 Å². The zero-order valence-corrected chi connectivity index (χ0v) is 12.5. The number of rotatable bonds is 2. The van der Waals surface area contributed by atoms with Gasteiger partial charge in [0, 0.05) is 17.1 Å². The maximum Gasteiger partial charge on any atom is 0.0728 e. The molecule has 1 aliphatic carbocycles. The minimum Gasteiger partial charge on any atom is -0.374 e. The Bertz CT molecular complexity index is 662. The van der Waals surface area contributed by atoms with Gasteiger partial charge in [-0.2, -0.15) is 0 Å². The highest BCUT2D eigenvalue weighted by Crippen LogP contribution is 2.31. The van der Waals surface area contributed by atoms with E-state index < -0.39 is 0 Å². The fraction of sp³-hybridized carbons (Fsp3) is 0.222. The molecule has 0 fully saturated rings. The minimum absolute atomic E-state index is 0.265. The molecular formula is C18H18ClN. The van der Waals surface area contributed by atoms with Crippen LogP contribution in [0.2, 0.25) is 0 Å². The van der Waals surface area contributed by atoms with Gasteiger partial charge >= 0.3 is 0 Å². The van der Waals surface area contributed by atoms with Crippen LogP contribution in [-0.4, -0.2) is 11.9 Å². The van der Waals surface area contributed by atoms with Crippen molar-refractivity contribution in [3.8, 4) is 0 Å². The van der Waals surface area contributed by atoms with Crippen molar-refractivity contribution in [3.63, 3.8) is 0 Å². The van der Waals surface area contributed by atoms with Crippen LogP contribution in [0.3, 0.4) is 0 Å². The number of hydrogen-bond donors (Lipinski definition) is 1. The first-order valence-electron chi connectivity index (χ1n) is 6.89. The predicted octanol–water partition coefficient (Wildman–Crippen LogP) is 4.36. The smallest absolute Gasteiger partial charge is 0.0728 e. The Labute approximate surface area is 125 Å². The van der Waals surface area contributed by atoms with Crippen molar-refractivity contribution in [1.82, 2.24) is 5.32 Å². The van der Waals surface area contributed by atoms with Crippen molar-refractivity contribution in [3.05, 3.63) is 76.4 Å². The van der Waals surface area contributed by atoms with E-state index in [9.17, 15) is 0 Å². The summed E-state index contributed by atoms with van der Waals surface area (Å²) in [6, 6.07) is 8.70. The van der Waals surface area contributed by atoms with E-state index in [4.69, 9.17) is 11.6 Å². The number of fused-ring (bicyclic) bond motifs is 1.